The van der Waals surface area contributed by atoms with Crippen molar-refractivity contribution in [2.75, 3.05) is 18.9 Å². The molecule has 0 aliphatic carbocycles. The SMILES string of the molecule is CN(CCC#N)C(=S)Nc1ccc(Cl)c(C(F)(F)F)c1. The molecule has 0 aromatic heterocycles. The van der Waals surface area contributed by atoms with Crippen LogP contribution in [-0.2, 0) is 6.18 Å². The van der Waals surface area contributed by atoms with Gasteiger partial charge in [0.1, 0.15) is 0 Å². The molecule has 0 aliphatic rings. The molecule has 1 rings (SSSR count). The summed E-state index contributed by atoms with van der Waals surface area (Å²) < 4.78 is 38.1. The summed E-state index contributed by atoms with van der Waals surface area (Å²) in [4.78, 5) is 1.57. The maximum Gasteiger partial charge on any atom is 0.417 e. The van der Waals surface area contributed by atoms with Crippen LogP contribution < -0.4 is 5.32 Å². The Kier molecular flexibility index (Phi) is 5.60. The van der Waals surface area contributed by atoms with Crippen molar-refractivity contribution >= 4 is 34.6 Å². The van der Waals surface area contributed by atoms with E-state index in [1.54, 1.807) is 11.9 Å². The lowest BCUT2D eigenvalue weighted by Crippen LogP contribution is -2.31. The van der Waals surface area contributed by atoms with Crippen LogP contribution in [0, 0.1) is 11.3 Å². The van der Waals surface area contributed by atoms with Gasteiger partial charge in [0.15, 0.2) is 5.11 Å². The van der Waals surface area contributed by atoms with E-state index in [9.17, 15) is 13.2 Å². The molecule has 0 fully saturated rings. The van der Waals surface area contributed by atoms with Gasteiger partial charge >= 0.3 is 6.18 Å². The first kappa shape index (κ1) is 16.5. The second-order valence-corrected chi connectivity index (χ2v) is 4.75. The van der Waals surface area contributed by atoms with Crippen LogP contribution in [0.4, 0.5) is 18.9 Å². The molecule has 108 valence electrons. The molecule has 0 bridgehead atoms. The van der Waals surface area contributed by atoms with Gasteiger partial charge < -0.3 is 10.2 Å². The van der Waals surface area contributed by atoms with Crippen LogP contribution in [0.1, 0.15) is 12.0 Å². The predicted molar refractivity (Wildman–Crippen MR) is 75.5 cm³/mol. The Hall–Kier alpha value is -1.52. The minimum atomic E-state index is -4.52. The minimum Gasteiger partial charge on any atom is -0.351 e. The van der Waals surface area contributed by atoms with Crippen molar-refractivity contribution in [3.63, 3.8) is 0 Å². The molecule has 0 aliphatic heterocycles. The molecule has 8 heteroatoms. The lowest BCUT2D eigenvalue weighted by atomic mass is 10.2. The van der Waals surface area contributed by atoms with E-state index in [4.69, 9.17) is 29.1 Å². The molecular weight excluding hydrogens is 311 g/mol. The highest BCUT2D eigenvalue weighted by Gasteiger charge is 2.33. The van der Waals surface area contributed by atoms with Gasteiger partial charge in [-0.15, -0.1) is 0 Å². The van der Waals surface area contributed by atoms with Gasteiger partial charge in [0.05, 0.1) is 23.1 Å². The number of hydrogen-bond donors (Lipinski definition) is 1. The van der Waals surface area contributed by atoms with Crippen LogP contribution in [0.3, 0.4) is 0 Å². The highest BCUT2D eigenvalue weighted by atomic mass is 35.5. The van der Waals surface area contributed by atoms with Crippen LogP contribution in [0.5, 0.6) is 0 Å². The van der Waals surface area contributed by atoms with Crippen molar-refractivity contribution in [2.24, 2.45) is 0 Å². The Morgan fingerprint density at radius 1 is 1.50 bits per heavy atom. The zero-order chi connectivity index (χ0) is 15.3. The van der Waals surface area contributed by atoms with Gasteiger partial charge in [0.25, 0.3) is 0 Å². The Balaban J connectivity index is 2.84. The van der Waals surface area contributed by atoms with Crippen molar-refractivity contribution in [1.82, 2.24) is 4.90 Å². The number of anilines is 1. The molecule has 1 aromatic carbocycles. The third-order valence-corrected chi connectivity index (χ3v) is 3.17. The summed E-state index contributed by atoms with van der Waals surface area (Å²) in [7, 11) is 1.65. The molecule has 3 nitrogen and oxygen atoms in total. The number of alkyl halides is 3. The van der Waals surface area contributed by atoms with Crippen LogP contribution in [0.25, 0.3) is 0 Å². The molecule has 0 spiro atoms. The molecule has 0 radical (unpaired) electrons. The predicted octanol–water partition coefficient (Wildman–Crippen LogP) is 3.90. The average Bonchev–Trinajstić information content (AvgIpc) is 2.36. The first-order valence-corrected chi connectivity index (χ1v) is 6.30. The first-order valence-electron chi connectivity index (χ1n) is 5.51. The third kappa shape index (κ3) is 4.54. The monoisotopic (exact) mass is 321 g/mol. The Labute approximate surface area is 124 Å². The van der Waals surface area contributed by atoms with Crippen LogP contribution in [0.2, 0.25) is 5.02 Å². The summed E-state index contributed by atoms with van der Waals surface area (Å²) >= 11 is 10.6. The van der Waals surface area contributed by atoms with E-state index < -0.39 is 11.7 Å². The molecule has 0 atom stereocenters. The number of nitrogens with zero attached hydrogens (tertiary/aromatic N) is 2. The van der Waals surface area contributed by atoms with Gasteiger partial charge in [0.2, 0.25) is 0 Å². The molecule has 0 saturated carbocycles. The van der Waals surface area contributed by atoms with E-state index in [0.29, 0.717) is 6.54 Å². The van der Waals surface area contributed by atoms with Crippen molar-refractivity contribution in [3.8, 4) is 6.07 Å². The summed E-state index contributed by atoms with van der Waals surface area (Å²) in [5.74, 6) is 0. The van der Waals surface area contributed by atoms with E-state index >= 15 is 0 Å². The summed E-state index contributed by atoms with van der Waals surface area (Å²) in [6.45, 7) is 0.391. The van der Waals surface area contributed by atoms with Crippen molar-refractivity contribution in [2.45, 2.75) is 12.6 Å². The number of nitriles is 1. The summed E-state index contributed by atoms with van der Waals surface area (Å²) in [6, 6.07) is 5.42. The molecule has 0 amide bonds. The van der Waals surface area contributed by atoms with Gasteiger partial charge in [0, 0.05) is 19.3 Å². The van der Waals surface area contributed by atoms with Crippen molar-refractivity contribution in [3.05, 3.63) is 28.8 Å². The normalized spacial score (nSPS) is 10.8. The van der Waals surface area contributed by atoms with E-state index in [1.807, 2.05) is 6.07 Å². The fraction of sp³-hybridized carbons (Fsp3) is 0.333. The smallest absolute Gasteiger partial charge is 0.351 e. The number of halogens is 4. The van der Waals surface area contributed by atoms with Crippen molar-refractivity contribution < 1.29 is 13.2 Å². The molecule has 1 aromatic rings. The molecule has 20 heavy (non-hydrogen) atoms. The number of thiocarbonyl (C=S) groups is 1. The maximum atomic E-state index is 12.7. The van der Waals surface area contributed by atoms with Gasteiger partial charge in [-0.3, -0.25) is 0 Å². The molecular formula is C12H11ClF3N3S. The Bertz CT molecular complexity index is 540. The van der Waals surface area contributed by atoms with Crippen LogP contribution >= 0.6 is 23.8 Å². The molecule has 0 heterocycles. The standard InChI is InChI=1S/C12H11ClF3N3S/c1-19(6-2-5-17)11(20)18-8-3-4-10(13)9(7-8)12(14,15)16/h3-4,7H,2,6H2,1H3,(H,18,20). The van der Waals surface area contributed by atoms with E-state index in [1.165, 1.54) is 6.07 Å². The third-order valence-electron chi connectivity index (χ3n) is 2.43. The highest BCUT2D eigenvalue weighted by molar-refractivity contribution is 7.80. The van der Waals surface area contributed by atoms with E-state index in [0.717, 1.165) is 12.1 Å². The number of hydrogen-bond acceptors (Lipinski definition) is 2. The summed E-state index contributed by atoms with van der Waals surface area (Å²) in [5.41, 5.74) is -0.734. The van der Waals surface area contributed by atoms with E-state index in [2.05, 4.69) is 5.32 Å². The van der Waals surface area contributed by atoms with Crippen LogP contribution in [0.15, 0.2) is 18.2 Å². The zero-order valence-corrected chi connectivity index (χ0v) is 12.0. The zero-order valence-electron chi connectivity index (χ0n) is 10.5. The van der Waals surface area contributed by atoms with Crippen LogP contribution in [-0.4, -0.2) is 23.6 Å². The second-order valence-electron chi connectivity index (χ2n) is 3.95. The first-order chi connectivity index (χ1) is 9.25. The number of nitrogens with one attached hydrogen (secondary N) is 1. The van der Waals surface area contributed by atoms with E-state index in [-0.39, 0.29) is 22.2 Å². The Morgan fingerprint density at radius 3 is 2.70 bits per heavy atom. The van der Waals surface area contributed by atoms with Gasteiger partial charge in [-0.2, -0.15) is 18.4 Å². The number of benzene rings is 1. The lowest BCUT2D eigenvalue weighted by Gasteiger charge is -2.20. The fourth-order valence-electron chi connectivity index (χ4n) is 1.36. The second kappa shape index (κ2) is 6.77. The lowest BCUT2D eigenvalue weighted by molar-refractivity contribution is -0.137. The van der Waals surface area contributed by atoms with Gasteiger partial charge in [-0.25, -0.2) is 0 Å². The maximum absolute atomic E-state index is 12.7. The summed E-state index contributed by atoms with van der Waals surface area (Å²) in [6.07, 6.45) is -4.25. The molecule has 1 N–H and O–H groups in total. The quantitative estimate of drug-likeness (QED) is 0.857. The van der Waals surface area contributed by atoms with Gasteiger partial charge in [-0.1, -0.05) is 11.6 Å². The Morgan fingerprint density at radius 2 is 2.15 bits per heavy atom. The molecule has 0 unspecified atom stereocenters. The number of rotatable bonds is 3. The summed E-state index contributed by atoms with van der Waals surface area (Å²) in [5, 5.41) is 11.0. The molecule has 0 saturated heterocycles. The minimum absolute atomic E-state index is 0.190. The fourth-order valence-corrected chi connectivity index (χ4v) is 1.79. The largest absolute Gasteiger partial charge is 0.417 e. The van der Waals surface area contributed by atoms with Crippen molar-refractivity contribution in [1.29, 1.82) is 5.26 Å². The topological polar surface area (TPSA) is 39.1 Å². The van der Waals surface area contributed by atoms with Gasteiger partial charge in [-0.05, 0) is 30.4 Å². The highest BCUT2D eigenvalue weighted by Crippen LogP contribution is 2.36. The average molecular weight is 322 g/mol.